The first kappa shape index (κ1) is 22.0. The first-order valence-corrected chi connectivity index (χ1v) is 10.5. The predicted molar refractivity (Wildman–Crippen MR) is 114 cm³/mol. The minimum atomic E-state index is -0.910. The van der Waals surface area contributed by atoms with Crippen LogP contribution in [0.4, 0.5) is 4.39 Å². The molecule has 0 saturated carbocycles. The second-order valence-corrected chi connectivity index (χ2v) is 7.92. The molecule has 1 amide bonds. The largest absolute Gasteiger partial charge is 0.507 e. The first-order chi connectivity index (χ1) is 15.4. The number of amides is 1. The first-order valence-electron chi connectivity index (χ1n) is 10.5. The van der Waals surface area contributed by atoms with Crippen molar-refractivity contribution in [3.8, 4) is 0 Å². The van der Waals surface area contributed by atoms with Crippen LogP contribution in [0.5, 0.6) is 0 Å². The van der Waals surface area contributed by atoms with E-state index in [4.69, 9.17) is 4.74 Å². The van der Waals surface area contributed by atoms with Crippen molar-refractivity contribution in [3.05, 3.63) is 64.5 Å². The van der Waals surface area contributed by atoms with Crippen LogP contribution in [-0.2, 0) is 14.3 Å². The Morgan fingerprint density at radius 3 is 2.66 bits per heavy atom. The van der Waals surface area contributed by atoms with E-state index in [2.05, 4.69) is 14.9 Å². The van der Waals surface area contributed by atoms with E-state index in [0.29, 0.717) is 36.8 Å². The molecular formula is C23H25FN4O4. The highest BCUT2D eigenvalue weighted by Gasteiger charge is 2.46. The normalized spacial score (nSPS) is 21.3. The summed E-state index contributed by atoms with van der Waals surface area (Å²) in [4.78, 5) is 37.9. The Bertz CT molecular complexity index is 1080. The minimum Gasteiger partial charge on any atom is -0.507 e. The molecule has 2 fully saturated rings. The molecule has 1 aromatic heterocycles. The summed E-state index contributed by atoms with van der Waals surface area (Å²) in [6.07, 6.45) is 1.43. The van der Waals surface area contributed by atoms with Gasteiger partial charge >= 0.3 is 0 Å². The third-order valence-electron chi connectivity index (χ3n) is 5.82. The van der Waals surface area contributed by atoms with Crippen LogP contribution in [0, 0.1) is 19.7 Å². The van der Waals surface area contributed by atoms with Gasteiger partial charge in [0.15, 0.2) is 0 Å². The number of ether oxygens (including phenoxy) is 1. The number of morpholine rings is 1. The van der Waals surface area contributed by atoms with E-state index in [1.807, 2.05) is 0 Å². The number of halogens is 1. The molecule has 32 heavy (non-hydrogen) atoms. The molecule has 1 N–H and O–H groups in total. The molecule has 3 heterocycles. The molecule has 9 heteroatoms. The number of hydrogen-bond acceptors (Lipinski definition) is 7. The molecule has 4 rings (SSSR count). The van der Waals surface area contributed by atoms with Crippen LogP contribution >= 0.6 is 0 Å². The molecule has 0 unspecified atom stereocenters. The Balaban J connectivity index is 1.77. The zero-order chi connectivity index (χ0) is 22.8. The lowest BCUT2D eigenvalue weighted by Gasteiger charge is -2.31. The van der Waals surface area contributed by atoms with Crippen molar-refractivity contribution < 1.29 is 23.8 Å². The molecule has 2 saturated heterocycles. The van der Waals surface area contributed by atoms with Crippen molar-refractivity contribution in [2.24, 2.45) is 0 Å². The van der Waals surface area contributed by atoms with Crippen LogP contribution < -0.4 is 0 Å². The number of benzene rings is 1. The van der Waals surface area contributed by atoms with Crippen molar-refractivity contribution in [2.45, 2.75) is 19.9 Å². The standard InChI is InChI=1S/C23H25FN4O4/c1-14-18(13-25-15(2)26-14)21(29)19-20(16-4-3-5-17(24)12-16)28(23(31)22(19)30)7-6-27-8-10-32-11-9-27/h3-5,12-13,20,29H,6-11H2,1-2H3/b21-19+/t20-/m1/s1. The maximum absolute atomic E-state index is 14.1. The zero-order valence-corrected chi connectivity index (χ0v) is 18.0. The van der Waals surface area contributed by atoms with Crippen LogP contribution in [-0.4, -0.2) is 76.0 Å². The summed E-state index contributed by atoms with van der Waals surface area (Å²) in [5.74, 6) is -1.86. The van der Waals surface area contributed by atoms with Gasteiger partial charge in [0.05, 0.1) is 36.1 Å². The number of ketones is 1. The molecule has 0 spiro atoms. The van der Waals surface area contributed by atoms with Crippen molar-refractivity contribution in [3.63, 3.8) is 0 Å². The molecule has 0 aliphatic carbocycles. The number of hydrogen-bond donors (Lipinski definition) is 1. The van der Waals surface area contributed by atoms with Gasteiger partial charge in [0, 0.05) is 32.4 Å². The molecule has 0 radical (unpaired) electrons. The lowest BCUT2D eigenvalue weighted by atomic mass is 9.95. The number of aryl methyl sites for hydroxylation is 2. The van der Waals surface area contributed by atoms with Crippen LogP contribution in [0.1, 0.15) is 28.7 Å². The number of aliphatic hydroxyl groups is 1. The van der Waals surface area contributed by atoms with E-state index >= 15 is 0 Å². The summed E-state index contributed by atoms with van der Waals surface area (Å²) in [6, 6.07) is 4.83. The van der Waals surface area contributed by atoms with E-state index in [-0.39, 0.29) is 23.4 Å². The van der Waals surface area contributed by atoms with Crippen LogP contribution in [0.2, 0.25) is 0 Å². The highest BCUT2D eigenvalue weighted by Crippen LogP contribution is 2.39. The average Bonchev–Trinajstić information content (AvgIpc) is 3.03. The maximum atomic E-state index is 14.1. The summed E-state index contributed by atoms with van der Waals surface area (Å²) in [5, 5.41) is 11.1. The summed E-state index contributed by atoms with van der Waals surface area (Å²) in [7, 11) is 0. The summed E-state index contributed by atoms with van der Waals surface area (Å²) >= 11 is 0. The smallest absolute Gasteiger partial charge is 0.295 e. The van der Waals surface area contributed by atoms with Gasteiger partial charge in [0.25, 0.3) is 11.7 Å². The molecule has 168 valence electrons. The number of Topliss-reactive ketones (excluding diaryl/α,β-unsaturated/α-hetero) is 1. The SMILES string of the molecule is Cc1ncc(/C(O)=C2\C(=O)C(=O)N(CCN3CCOCC3)[C@@H]2c2cccc(F)c2)c(C)n1. The van der Waals surface area contributed by atoms with Gasteiger partial charge in [0.1, 0.15) is 17.4 Å². The highest BCUT2D eigenvalue weighted by molar-refractivity contribution is 6.46. The molecule has 1 aromatic carbocycles. The Labute approximate surface area is 185 Å². The second kappa shape index (κ2) is 9.13. The molecule has 8 nitrogen and oxygen atoms in total. The quantitative estimate of drug-likeness (QED) is 0.432. The fourth-order valence-corrected chi connectivity index (χ4v) is 4.17. The number of carbonyl (C=O) groups is 2. The fourth-order valence-electron chi connectivity index (χ4n) is 4.17. The molecule has 2 aromatic rings. The molecular weight excluding hydrogens is 415 g/mol. The maximum Gasteiger partial charge on any atom is 0.295 e. The van der Waals surface area contributed by atoms with Gasteiger partial charge in [0.2, 0.25) is 0 Å². The van der Waals surface area contributed by atoms with Crippen LogP contribution in [0.3, 0.4) is 0 Å². The van der Waals surface area contributed by atoms with Gasteiger partial charge in [-0.1, -0.05) is 12.1 Å². The van der Waals surface area contributed by atoms with Gasteiger partial charge in [-0.25, -0.2) is 14.4 Å². The summed E-state index contributed by atoms with van der Waals surface area (Å²) < 4.78 is 19.4. The number of rotatable bonds is 5. The fraction of sp³-hybridized carbons (Fsp3) is 0.391. The molecule has 0 bridgehead atoms. The van der Waals surface area contributed by atoms with Gasteiger partial charge in [-0.05, 0) is 31.5 Å². The molecule has 2 aliphatic rings. The van der Waals surface area contributed by atoms with Gasteiger partial charge < -0.3 is 14.7 Å². The lowest BCUT2D eigenvalue weighted by Crippen LogP contribution is -2.42. The van der Waals surface area contributed by atoms with E-state index < -0.39 is 23.5 Å². The van der Waals surface area contributed by atoms with Crippen molar-refractivity contribution in [1.82, 2.24) is 19.8 Å². The van der Waals surface area contributed by atoms with Gasteiger partial charge in [-0.3, -0.25) is 14.5 Å². The Hall–Kier alpha value is -3.17. The van der Waals surface area contributed by atoms with E-state index in [1.165, 1.54) is 29.3 Å². The van der Waals surface area contributed by atoms with Gasteiger partial charge in [-0.15, -0.1) is 0 Å². The number of aliphatic hydroxyl groups excluding tert-OH is 1. The summed E-state index contributed by atoms with van der Waals surface area (Å²) in [6.45, 7) is 6.88. The number of likely N-dealkylation sites (tertiary alicyclic amines) is 1. The third-order valence-corrected chi connectivity index (χ3v) is 5.82. The number of nitrogens with zero attached hydrogens (tertiary/aromatic N) is 4. The van der Waals surface area contributed by atoms with Gasteiger partial charge in [-0.2, -0.15) is 0 Å². The average molecular weight is 440 g/mol. The third kappa shape index (κ3) is 4.26. The predicted octanol–water partition coefficient (Wildman–Crippen LogP) is 1.99. The Morgan fingerprint density at radius 1 is 1.22 bits per heavy atom. The lowest BCUT2D eigenvalue weighted by molar-refractivity contribution is -0.140. The van der Waals surface area contributed by atoms with Crippen molar-refractivity contribution in [2.75, 3.05) is 39.4 Å². The molecule has 1 atom stereocenters. The zero-order valence-electron chi connectivity index (χ0n) is 18.0. The summed E-state index contributed by atoms with van der Waals surface area (Å²) in [5.41, 5.74) is 1.08. The van der Waals surface area contributed by atoms with Crippen LogP contribution in [0.15, 0.2) is 36.0 Å². The highest BCUT2D eigenvalue weighted by atomic mass is 19.1. The van der Waals surface area contributed by atoms with Crippen molar-refractivity contribution in [1.29, 1.82) is 0 Å². The number of aromatic nitrogens is 2. The Morgan fingerprint density at radius 2 is 1.97 bits per heavy atom. The number of carbonyl (C=O) groups excluding carboxylic acids is 2. The topological polar surface area (TPSA) is 95.9 Å². The van der Waals surface area contributed by atoms with Crippen LogP contribution in [0.25, 0.3) is 5.76 Å². The Kier molecular flexibility index (Phi) is 6.29. The minimum absolute atomic E-state index is 0.0851. The van der Waals surface area contributed by atoms with E-state index in [1.54, 1.807) is 19.9 Å². The molecule has 2 aliphatic heterocycles. The van der Waals surface area contributed by atoms with E-state index in [0.717, 1.165) is 13.1 Å². The second-order valence-electron chi connectivity index (χ2n) is 7.92. The monoisotopic (exact) mass is 440 g/mol. The van der Waals surface area contributed by atoms with Crippen molar-refractivity contribution >= 4 is 17.4 Å². The van der Waals surface area contributed by atoms with E-state index in [9.17, 15) is 19.1 Å².